The Balaban J connectivity index is 1.83. The number of hydrogen-bond donors (Lipinski definition) is 3. The Morgan fingerprint density at radius 3 is 2.95 bits per heavy atom. The van der Waals surface area contributed by atoms with Gasteiger partial charge in [-0.15, -0.1) is 0 Å². The summed E-state index contributed by atoms with van der Waals surface area (Å²) in [6.07, 6.45) is 3.13. The third-order valence-corrected chi connectivity index (χ3v) is 2.61. The average Bonchev–Trinajstić information content (AvgIpc) is 2.87. The second-order valence-corrected chi connectivity index (χ2v) is 3.99. The Hall–Kier alpha value is -2.64. The Bertz CT molecular complexity index is 554. The smallest absolute Gasteiger partial charge is 0.292 e. The van der Waals surface area contributed by atoms with Gasteiger partial charge in [-0.2, -0.15) is 5.10 Å². The zero-order chi connectivity index (χ0) is 13.7. The molecule has 0 atom stereocenters. The lowest BCUT2D eigenvalue weighted by molar-refractivity contribution is -0.383. The van der Waals surface area contributed by atoms with Crippen LogP contribution >= 0.6 is 0 Å². The summed E-state index contributed by atoms with van der Waals surface area (Å²) in [4.78, 5) is 14.1. The number of aromatic amines is 1. The molecule has 8 nitrogen and oxygen atoms in total. The van der Waals surface area contributed by atoms with Gasteiger partial charge in [0.2, 0.25) is 0 Å². The summed E-state index contributed by atoms with van der Waals surface area (Å²) in [5.74, 6) is 0.838. The van der Waals surface area contributed by atoms with Crippen LogP contribution in [-0.2, 0) is 6.42 Å². The van der Waals surface area contributed by atoms with Gasteiger partial charge in [-0.25, -0.2) is 4.98 Å². The Labute approximate surface area is 109 Å². The highest BCUT2D eigenvalue weighted by atomic mass is 16.6. The minimum absolute atomic E-state index is 0.0767. The van der Waals surface area contributed by atoms with E-state index in [4.69, 9.17) is 5.73 Å². The van der Waals surface area contributed by atoms with E-state index in [1.54, 1.807) is 12.1 Å². The van der Waals surface area contributed by atoms with E-state index in [1.807, 2.05) is 0 Å². The second kappa shape index (κ2) is 5.80. The number of benzene rings is 1. The molecule has 0 bridgehead atoms. The van der Waals surface area contributed by atoms with Crippen LogP contribution < -0.4 is 11.1 Å². The molecule has 0 saturated heterocycles. The lowest BCUT2D eigenvalue weighted by Gasteiger charge is -2.06. The van der Waals surface area contributed by atoms with Crippen LogP contribution in [0.1, 0.15) is 12.2 Å². The van der Waals surface area contributed by atoms with Crippen LogP contribution in [0.15, 0.2) is 24.5 Å². The number of nitrogen functional groups attached to an aromatic ring is 1. The zero-order valence-corrected chi connectivity index (χ0v) is 10.2. The van der Waals surface area contributed by atoms with Gasteiger partial charge in [-0.05, 0) is 18.6 Å². The van der Waals surface area contributed by atoms with E-state index >= 15 is 0 Å². The fourth-order valence-corrected chi connectivity index (χ4v) is 1.67. The normalized spacial score (nSPS) is 10.3. The van der Waals surface area contributed by atoms with Gasteiger partial charge in [0, 0.05) is 24.7 Å². The number of nitro benzene ring substituents is 1. The number of hydrogen-bond acceptors (Lipinski definition) is 6. The van der Waals surface area contributed by atoms with Crippen molar-refractivity contribution in [3.05, 3.63) is 40.5 Å². The first-order valence-corrected chi connectivity index (χ1v) is 5.79. The molecule has 1 aromatic heterocycles. The molecular formula is C11H14N6O2. The standard InChI is InChI=1S/C11H14N6O2/c12-9-6-8(3-4-10(9)17(18)19)13-5-1-2-11-14-7-15-16-11/h3-4,6-7,13H,1-2,5,12H2,(H,14,15,16). The quantitative estimate of drug-likeness (QED) is 0.312. The van der Waals surface area contributed by atoms with E-state index in [2.05, 4.69) is 20.5 Å². The average molecular weight is 262 g/mol. The van der Waals surface area contributed by atoms with Gasteiger partial charge in [-0.1, -0.05) is 0 Å². The number of rotatable bonds is 6. The third kappa shape index (κ3) is 3.41. The van der Waals surface area contributed by atoms with Gasteiger partial charge < -0.3 is 11.1 Å². The predicted octanol–water partition coefficient (Wildman–Crippen LogP) is 1.34. The van der Waals surface area contributed by atoms with Crippen molar-refractivity contribution in [1.82, 2.24) is 15.2 Å². The molecular weight excluding hydrogens is 248 g/mol. The lowest BCUT2D eigenvalue weighted by Crippen LogP contribution is -2.04. The molecule has 0 saturated carbocycles. The molecule has 0 fully saturated rings. The molecule has 0 aliphatic carbocycles. The summed E-state index contributed by atoms with van der Waals surface area (Å²) in [5, 5.41) is 20.3. The van der Waals surface area contributed by atoms with E-state index in [9.17, 15) is 10.1 Å². The van der Waals surface area contributed by atoms with Gasteiger partial charge in [-0.3, -0.25) is 15.2 Å². The second-order valence-electron chi connectivity index (χ2n) is 3.99. The monoisotopic (exact) mass is 262 g/mol. The van der Waals surface area contributed by atoms with Crippen molar-refractivity contribution in [2.24, 2.45) is 0 Å². The van der Waals surface area contributed by atoms with Crippen molar-refractivity contribution in [3.63, 3.8) is 0 Å². The van der Waals surface area contributed by atoms with Crippen LogP contribution in [0.25, 0.3) is 0 Å². The van der Waals surface area contributed by atoms with Crippen molar-refractivity contribution in [2.45, 2.75) is 12.8 Å². The molecule has 0 unspecified atom stereocenters. The molecule has 0 amide bonds. The maximum Gasteiger partial charge on any atom is 0.292 e. The molecule has 0 aliphatic rings. The number of aromatic nitrogens is 3. The summed E-state index contributed by atoms with van der Waals surface area (Å²) in [7, 11) is 0. The van der Waals surface area contributed by atoms with Gasteiger partial charge in [0.25, 0.3) is 5.69 Å². The van der Waals surface area contributed by atoms with Gasteiger partial charge in [0.05, 0.1) is 4.92 Å². The van der Waals surface area contributed by atoms with Crippen molar-refractivity contribution in [3.8, 4) is 0 Å². The number of nitrogens with one attached hydrogen (secondary N) is 2. The first-order valence-electron chi connectivity index (χ1n) is 5.79. The van der Waals surface area contributed by atoms with E-state index in [0.717, 1.165) is 30.9 Å². The molecule has 0 aliphatic heterocycles. The molecule has 1 aromatic carbocycles. The number of nitrogens with zero attached hydrogens (tertiary/aromatic N) is 3. The van der Waals surface area contributed by atoms with E-state index in [-0.39, 0.29) is 11.4 Å². The zero-order valence-electron chi connectivity index (χ0n) is 10.2. The van der Waals surface area contributed by atoms with Crippen LogP contribution in [0.4, 0.5) is 17.1 Å². The first kappa shape index (κ1) is 12.8. The van der Waals surface area contributed by atoms with Crippen LogP contribution in [0, 0.1) is 10.1 Å². The predicted molar refractivity (Wildman–Crippen MR) is 70.7 cm³/mol. The molecule has 4 N–H and O–H groups in total. The minimum Gasteiger partial charge on any atom is -0.393 e. The van der Waals surface area contributed by atoms with Gasteiger partial charge in [0.1, 0.15) is 17.8 Å². The SMILES string of the molecule is Nc1cc(NCCCc2ncn[nH]2)ccc1[N+](=O)[O-]. The molecule has 2 aromatic rings. The molecule has 8 heteroatoms. The van der Waals surface area contributed by atoms with Crippen LogP contribution in [0.3, 0.4) is 0 Å². The summed E-state index contributed by atoms with van der Waals surface area (Å²) in [6.45, 7) is 0.720. The van der Waals surface area contributed by atoms with Gasteiger partial charge >= 0.3 is 0 Å². The van der Waals surface area contributed by atoms with Crippen molar-refractivity contribution < 1.29 is 4.92 Å². The van der Waals surface area contributed by atoms with Gasteiger partial charge in [0.15, 0.2) is 0 Å². The summed E-state index contributed by atoms with van der Waals surface area (Å²) >= 11 is 0. The lowest BCUT2D eigenvalue weighted by atomic mass is 10.2. The Kier molecular flexibility index (Phi) is 3.91. The Morgan fingerprint density at radius 2 is 2.32 bits per heavy atom. The first-order chi connectivity index (χ1) is 9.16. The highest BCUT2D eigenvalue weighted by molar-refractivity contribution is 5.65. The summed E-state index contributed by atoms with van der Waals surface area (Å²) < 4.78 is 0. The topological polar surface area (TPSA) is 123 Å². The highest BCUT2D eigenvalue weighted by Gasteiger charge is 2.10. The highest BCUT2D eigenvalue weighted by Crippen LogP contribution is 2.24. The van der Waals surface area contributed by atoms with Crippen LogP contribution in [0.2, 0.25) is 0 Å². The number of nitrogens with two attached hydrogens (primary N) is 1. The summed E-state index contributed by atoms with van der Waals surface area (Å²) in [5.41, 5.74) is 6.44. The van der Waals surface area contributed by atoms with E-state index in [0.29, 0.717) is 0 Å². The Morgan fingerprint density at radius 1 is 1.47 bits per heavy atom. The molecule has 1 heterocycles. The third-order valence-electron chi connectivity index (χ3n) is 2.61. The molecule has 0 radical (unpaired) electrons. The number of nitro groups is 1. The van der Waals surface area contributed by atoms with E-state index < -0.39 is 4.92 Å². The largest absolute Gasteiger partial charge is 0.393 e. The minimum atomic E-state index is -0.497. The molecule has 100 valence electrons. The van der Waals surface area contributed by atoms with Crippen molar-refractivity contribution in [2.75, 3.05) is 17.6 Å². The maximum atomic E-state index is 10.6. The van der Waals surface area contributed by atoms with E-state index in [1.165, 1.54) is 12.4 Å². The van der Waals surface area contributed by atoms with Crippen molar-refractivity contribution >= 4 is 17.1 Å². The number of anilines is 2. The number of H-pyrrole nitrogens is 1. The molecule has 2 rings (SSSR count). The maximum absolute atomic E-state index is 10.6. The van der Waals surface area contributed by atoms with Crippen molar-refractivity contribution in [1.29, 1.82) is 0 Å². The summed E-state index contributed by atoms with van der Waals surface area (Å²) in [6, 6.07) is 4.60. The van der Waals surface area contributed by atoms with Crippen LogP contribution in [0.5, 0.6) is 0 Å². The molecule has 19 heavy (non-hydrogen) atoms. The fourth-order valence-electron chi connectivity index (χ4n) is 1.67. The van der Waals surface area contributed by atoms with Crippen LogP contribution in [-0.4, -0.2) is 26.6 Å². The molecule has 0 spiro atoms. The fraction of sp³-hybridized carbons (Fsp3) is 0.273. The number of aryl methyl sites for hydroxylation is 1.